The molecule has 0 aliphatic carbocycles. The van der Waals surface area contributed by atoms with Gasteiger partial charge in [0.15, 0.2) is 21.4 Å². The molecule has 2 heterocycles. The molecule has 0 atom stereocenters. The van der Waals surface area contributed by atoms with Gasteiger partial charge in [-0.15, -0.1) is 0 Å². The number of sulfone groups is 1. The van der Waals surface area contributed by atoms with E-state index in [1.807, 2.05) is 0 Å². The number of para-hydroxylation sites is 1. The molecule has 0 bridgehead atoms. The minimum absolute atomic E-state index is 0.200. The zero-order chi connectivity index (χ0) is 26.6. The van der Waals surface area contributed by atoms with Gasteiger partial charge in [0.1, 0.15) is 5.75 Å². The SMILES string of the molecule is COc1cc(C2CCNCC2)c(C)cc1Nc1ncc(OC)c(Nc2ccccc2S(=O)(=O)C(C)C)n1. The van der Waals surface area contributed by atoms with Crippen LogP contribution in [0.1, 0.15) is 43.7 Å². The van der Waals surface area contributed by atoms with Crippen LogP contribution in [0.4, 0.5) is 23.1 Å². The lowest BCUT2D eigenvalue weighted by atomic mass is 9.87. The number of methoxy groups -OCH3 is 2. The van der Waals surface area contributed by atoms with Crippen LogP contribution in [0, 0.1) is 6.92 Å². The quantitative estimate of drug-likeness (QED) is 0.357. The minimum atomic E-state index is -3.52. The zero-order valence-corrected chi connectivity index (χ0v) is 22.8. The van der Waals surface area contributed by atoms with Gasteiger partial charge in [0.25, 0.3) is 0 Å². The van der Waals surface area contributed by atoms with E-state index in [9.17, 15) is 8.42 Å². The number of ether oxygens (including phenoxy) is 2. The van der Waals surface area contributed by atoms with Crippen molar-refractivity contribution in [3.63, 3.8) is 0 Å². The smallest absolute Gasteiger partial charge is 0.229 e. The summed E-state index contributed by atoms with van der Waals surface area (Å²) in [6.07, 6.45) is 3.74. The maximum atomic E-state index is 12.9. The number of nitrogens with one attached hydrogen (secondary N) is 3. The molecule has 3 N–H and O–H groups in total. The molecule has 1 fully saturated rings. The van der Waals surface area contributed by atoms with Crippen molar-refractivity contribution in [3.05, 3.63) is 53.7 Å². The molecule has 0 radical (unpaired) electrons. The number of aryl methyl sites for hydroxylation is 1. The van der Waals surface area contributed by atoms with Gasteiger partial charge in [-0.25, -0.2) is 13.4 Å². The summed E-state index contributed by atoms with van der Waals surface area (Å²) in [5, 5.41) is 9.25. The lowest BCUT2D eigenvalue weighted by Gasteiger charge is -2.25. The Labute approximate surface area is 218 Å². The van der Waals surface area contributed by atoms with Crippen LogP contribution in [0.25, 0.3) is 0 Å². The van der Waals surface area contributed by atoms with Crippen LogP contribution in [-0.2, 0) is 9.84 Å². The van der Waals surface area contributed by atoms with E-state index in [-0.39, 0.29) is 4.90 Å². The van der Waals surface area contributed by atoms with E-state index < -0.39 is 15.1 Å². The van der Waals surface area contributed by atoms with Gasteiger partial charge in [-0.2, -0.15) is 4.98 Å². The van der Waals surface area contributed by atoms with Crippen molar-refractivity contribution in [2.75, 3.05) is 37.9 Å². The van der Waals surface area contributed by atoms with E-state index in [2.05, 4.69) is 45.0 Å². The van der Waals surface area contributed by atoms with Crippen LogP contribution >= 0.6 is 0 Å². The minimum Gasteiger partial charge on any atom is -0.495 e. The number of aromatic nitrogens is 2. The maximum Gasteiger partial charge on any atom is 0.229 e. The molecule has 1 aliphatic heterocycles. The third kappa shape index (κ3) is 5.80. The second-order valence-corrected chi connectivity index (χ2v) is 11.9. The van der Waals surface area contributed by atoms with Crippen molar-refractivity contribution >= 4 is 33.0 Å². The molecule has 198 valence electrons. The number of rotatable bonds is 9. The number of nitrogens with zero attached hydrogens (tertiary/aromatic N) is 2. The topological polar surface area (TPSA) is 114 Å². The first kappa shape index (κ1) is 26.7. The van der Waals surface area contributed by atoms with Crippen molar-refractivity contribution in [2.24, 2.45) is 0 Å². The number of benzene rings is 2. The third-order valence-electron chi connectivity index (χ3n) is 6.66. The standard InChI is InChI=1S/C27H35N5O4S/c1-17(2)37(33,34)25-9-7-6-8-21(25)30-26-24(36-5)16-29-27(32-26)31-22-14-18(3)20(15-23(22)35-4)19-10-12-28-13-11-19/h6-9,14-17,19,28H,10-13H2,1-5H3,(H2,29,30,31,32). The summed E-state index contributed by atoms with van der Waals surface area (Å²) in [4.78, 5) is 9.20. The monoisotopic (exact) mass is 525 g/mol. The second-order valence-electron chi connectivity index (χ2n) is 9.38. The molecule has 0 unspecified atom stereocenters. The molecule has 10 heteroatoms. The fourth-order valence-electron chi connectivity index (χ4n) is 4.53. The van der Waals surface area contributed by atoms with Crippen LogP contribution < -0.4 is 25.4 Å². The van der Waals surface area contributed by atoms with Gasteiger partial charge in [0.2, 0.25) is 5.95 Å². The Morgan fingerprint density at radius 3 is 2.38 bits per heavy atom. The number of anilines is 4. The number of hydrogen-bond acceptors (Lipinski definition) is 9. The molecule has 0 saturated carbocycles. The Morgan fingerprint density at radius 1 is 1.00 bits per heavy atom. The normalized spacial score (nSPS) is 14.4. The molecule has 4 rings (SSSR count). The van der Waals surface area contributed by atoms with Crippen molar-refractivity contribution in [3.8, 4) is 11.5 Å². The highest BCUT2D eigenvalue weighted by atomic mass is 32.2. The van der Waals surface area contributed by atoms with Crippen LogP contribution in [-0.4, -0.2) is 50.9 Å². The molecular weight excluding hydrogens is 490 g/mol. The second kappa shape index (κ2) is 11.4. The lowest BCUT2D eigenvalue weighted by molar-refractivity contribution is 0.412. The molecular formula is C27H35N5O4S. The maximum absolute atomic E-state index is 12.9. The average Bonchev–Trinajstić information content (AvgIpc) is 2.89. The molecule has 2 aromatic carbocycles. The van der Waals surface area contributed by atoms with Gasteiger partial charge in [-0.3, -0.25) is 0 Å². The molecule has 1 aliphatic rings. The van der Waals surface area contributed by atoms with E-state index in [1.54, 1.807) is 51.4 Å². The van der Waals surface area contributed by atoms with Crippen molar-refractivity contribution < 1.29 is 17.9 Å². The Morgan fingerprint density at radius 2 is 1.70 bits per heavy atom. The Hall–Kier alpha value is -3.37. The lowest BCUT2D eigenvalue weighted by Crippen LogP contribution is -2.27. The largest absolute Gasteiger partial charge is 0.495 e. The van der Waals surface area contributed by atoms with Gasteiger partial charge in [0, 0.05) is 0 Å². The molecule has 0 amide bonds. The van der Waals surface area contributed by atoms with Gasteiger partial charge in [-0.1, -0.05) is 12.1 Å². The Bertz CT molecular complexity index is 1350. The number of hydrogen-bond donors (Lipinski definition) is 3. The Kier molecular flexibility index (Phi) is 8.19. The van der Waals surface area contributed by atoms with Crippen LogP contribution in [0.2, 0.25) is 0 Å². The number of piperidine rings is 1. The summed E-state index contributed by atoms with van der Waals surface area (Å²) in [7, 11) is -0.354. The fourth-order valence-corrected chi connectivity index (χ4v) is 5.73. The summed E-state index contributed by atoms with van der Waals surface area (Å²) in [6, 6.07) is 10.9. The third-order valence-corrected chi connectivity index (χ3v) is 8.87. The highest BCUT2D eigenvalue weighted by molar-refractivity contribution is 7.92. The Balaban J connectivity index is 1.66. The van der Waals surface area contributed by atoms with Crippen LogP contribution in [0.3, 0.4) is 0 Å². The first-order valence-corrected chi connectivity index (χ1v) is 14.0. The van der Waals surface area contributed by atoms with Crippen LogP contribution in [0.15, 0.2) is 47.5 Å². The van der Waals surface area contributed by atoms with E-state index in [0.29, 0.717) is 34.9 Å². The molecule has 0 spiro atoms. The van der Waals surface area contributed by atoms with Crippen molar-refractivity contribution in [1.29, 1.82) is 0 Å². The first-order valence-electron chi connectivity index (χ1n) is 12.4. The summed E-state index contributed by atoms with van der Waals surface area (Å²) in [5.74, 6) is 2.25. The molecule has 3 aromatic rings. The van der Waals surface area contributed by atoms with Gasteiger partial charge >= 0.3 is 0 Å². The summed E-state index contributed by atoms with van der Waals surface area (Å²) in [6.45, 7) is 7.46. The van der Waals surface area contributed by atoms with E-state index in [4.69, 9.17) is 9.47 Å². The fraction of sp³-hybridized carbons (Fsp3) is 0.407. The molecule has 37 heavy (non-hydrogen) atoms. The molecule has 1 aromatic heterocycles. The highest BCUT2D eigenvalue weighted by Crippen LogP contribution is 2.37. The summed E-state index contributed by atoms with van der Waals surface area (Å²) < 4.78 is 37.0. The first-order chi connectivity index (χ1) is 17.7. The molecule has 1 saturated heterocycles. The predicted molar refractivity (Wildman–Crippen MR) is 146 cm³/mol. The van der Waals surface area contributed by atoms with Crippen LogP contribution in [0.5, 0.6) is 11.5 Å². The van der Waals surface area contributed by atoms with Crippen molar-refractivity contribution in [2.45, 2.75) is 49.7 Å². The molecule has 9 nitrogen and oxygen atoms in total. The predicted octanol–water partition coefficient (Wildman–Crippen LogP) is 4.94. The average molecular weight is 526 g/mol. The van der Waals surface area contributed by atoms with Crippen molar-refractivity contribution in [1.82, 2.24) is 15.3 Å². The van der Waals surface area contributed by atoms with E-state index in [0.717, 1.165) is 31.6 Å². The zero-order valence-electron chi connectivity index (χ0n) is 22.0. The van der Waals surface area contributed by atoms with E-state index in [1.165, 1.54) is 18.2 Å². The van der Waals surface area contributed by atoms with Gasteiger partial charge in [0.05, 0.1) is 41.9 Å². The van der Waals surface area contributed by atoms with E-state index >= 15 is 0 Å². The summed E-state index contributed by atoms with van der Waals surface area (Å²) in [5.41, 5.74) is 3.63. The summed E-state index contributed by atoms with van der Waals surface area (Å²) >= 11 is 0. The van der Waals surface area contributed by atoms with Gasteiger partial charge < -0.3 is 25.4 Å². The van der Waals surface area contributed by atoms with Gasteiger partial charge in [-0.05, 0) is 88.0 Å². The highest BCUT2D eigenvalue weighted by Gasteiger charge is 2.24.